The Balaban J connectivity index is 2.85. The second kappa shape index (κ2) is 2.40. The lowest BCUT2D eigenvalue weighted by atomic mass is 10.2. The average Bonchev–Trinajstić information content (AvgIpc) is 2.14. The molecule has 0 radical (unpaired) electrons. The molecule has 0 unspecified atom stereocenters. The zero-order chi connectivity index (χ0) is 6.85. The highest BCUT2D eigenvalue weighted by molar-refractivity contribution is 6.29. The van der Waals surface area contributed by atoms with Crippen LogP contribution in [-0.4, -0.2) is 9.97 Å². The molecule has 1 aromatic rings. The quantitative estimate of drug-likeness (QED) is 0.643. The smallest absolute Gasteiger partial charge is 0.126 e. The molecule has 0 saturated carbocycles. The summed E-state index contributed by atoms with van der Waals surface area (Å²) in [5.74, 6) is 1.37. The van der Waals surface area contributed by atoms with Crippen LogP contribution >= 0.6 is 11.6 Å². The summed E-state index contributed by atoms with van der Waals surface area (Å²) in [5, 5.41) is 0.610. The molecule has 1 aromatic heterocycles. The number of hydrogen-bond donors (Lipinski definition) is 1. The van der Waals surface area contributed by atoms with Gasteiger partial charge in [-0.15, -0.1) is 0 Å². The van der Waals surface area contributed by atoms with Gasteiger partial charge in [0.2, 0.25) is 0 Å². The van der Waals surface area contributed by atoms with Gasteiger partial charge in [-0.05, 0) is 0 Å². The predicted molar refractivity (Wildman–Crippen MR) is 37.7 cm³/mol. The molecule has 0 aliphatic heterocycles. The number of aromatic nitrogens is 2. The Kier molecular flexibility index (Phi) is 1.76. The van der Waals surface area contributed by atoms with Crippen LogP contribution in [-0.2, 0) is 0 Å². The van der Waals surface area contributed by atoms with E-state index >= 15 is 0 Å². The minimum Gasteiger partial charge on any atom is -0.333 e. The van der Waals surface area contributed by atoms with Crippen LogP contribution in [0.5, 0.6) is 0 Å². The van der Waals surface area contributed by atoms with Crippen LogP contribution in [0.4, 0.5) is 0 Å². The van der Waals surface area contributed by atoms with Gasteiger partial charge in [0.1, 0.15) is 11.0 Å². The summed E-state index contributed by atoms with van der Waals surface area (Å²) in [4.78, 5) is 6.96. The van der Waals surface area contributed by atoms with E-state index in [4.69, 9.17) is 11.6 Å². The van der Waals surface area contributed by atoms with Crippen molar-refractivity contribution in [3.63, 3.8) is 0 Å². The van der Waals surface area contributed by atoms with Crippen LogP contribution < -0.4 is 0 Å². The lowest BCUT2D eigenvalue weighted by molar-refractivity contribution is 0.794. The van der Waals surface area contributed by atoms with E-state index in [9.17, 15) is 0 Å². The van der Waals surface area contributed by atoms with Crippen LogP contribution in [0.1, 0.15) is 25.6 Å². The van der Waals surface area contributed by atoms with E-state index in [1.165, 1.54) is 0 Å². The Morgan fingerprint density at radius 2 is 2.33 bits per heavy atom. The van der Waals surface area contributed by atoms with E-state index in [1.54, 1.807) is 6.20 Å². The van der Waals surface area contributed by atoms with E-state index < -0.39 is 0 Å². The normalized spacial score (nSPS) is 10.7. The maximum absolute atomic E-state index is 5.59. The number of nitrogens with zero attached hydrogens (tertiary/aromatic N) is 1. The summed E-state index contributed by atoms with van der Waals surface area (Å²) >= 11 is 5.59. The predicted octanol–water partition coefficient (Wildman–Crippen LogP) is 2.19. The van der Waals surface area contributed by atoms with E-state index in [2.05, 4.69) is 23.8 Å². The van der Waals surface area contributed by atoms with Gasteiger partial charge in [-0.2, -0.15) is 0 Å². The number of halogens is 1. The van der Waals surface area contributed by atoms with Gasteiger partial charge < -0.3 is 4.98 Å². The van der Waals surface area contributed by atoms with Crippen molar-refractivity contribution in [2.75, 3.05) is 0 Å². The minimum atomic E-state index is 0.428. The Hall–Kier alpha value is -0.500. The second-order valence-electron chi connectivity index (χ2n) is 2.27. The van der Waals surface area contributed by atoms with Crippen molar-refractivity contribution >= 4 is 11.6 Å². The van der Waals surface area contributed by atoms with Gasteiger partial charge >= 0.3 is 0 Å². The number of aromatic amines is 1. The summed E-state index contributed by atoms with van der Waals surface area (Å²) in [6, 6.07) is 0. The van der Waals surface area contributed by atoms with Gasteiger partial charge in [-0.25, -0.2) is 4.98 Å². The fourth-order valence-corrected chi connectivity index (χ4v) is 0.752. The van der Waals surface area contributed by atoms with Crippen molar-refractivity contribution < 1.29 is 0 Å². The van der Waals surface area contributed by atoms with Gasteiger partial charge in [0, 0.05) is 5.92 Å². The first kappa shape index (κ1) is 6.62. The highest BCUT2D eigenvalue weighted by Gasteiger charge is 2.01. The highest BCUT2D eigenvalue weighted by atomic mass is 35.5. The summed E-state index contributed by atoms with van der Waals surface area (Å²) in [5.41, 5.74) is 0. The molecular weight excluding hydrogens is 136 g/mol. The molecule has 0 aliphatic rings. The molecule has 0 bridgehead atoms. The topological polar surface area (TPSA) is 28.7 Å². The van der Waals surface area contributed by atoms with Crippen LogP contribution in [0, 0.1) is 0 Å². The third kappa shape index (κ3) is 1.45. The number of imidazole rings is 1. The third-order valence-electron chi connectivity index (χ3n) is 1.11. The average molecular weight is 145 g/mol. The molecule has 9 heavy (non-hydrogen) atoms. The van der Waals surface area contributed by atoms with Crippen molar-refractivity contribution in [2.24, 2.45) is 0 Å². The fraction of sp³-hybridized carbons (Fsp3) is 0.500. The molecule has 0 amide bonds. The number of hydrogen-bond acceptors (Lipinski definition) is 1. The summed E-state index contributed by atoms with van der Waals surface area (Å²) in [6.07, 6.45) is 1.62. The Morgan fingerprint density at radius 1 is 1.67 bits per heavy atom. The van der Waals surface area contributed by atoms with Crippen molar-refractivity contribution in [3.8, 4) is 0 Å². The summed E-state index contributed by atoms with van der Waals surface area (Å²) < 4.78 is 0. The molecular formula is C6H9ClN2. The second-order valence-corrected chi connectivity index (χ2v) is 2.68. The van der Waals surface area contributed by atoms with Crippen LogP contribution in [0.3, 0.4) is 0 Å². The number of rotatable bonds is 1. The molecule has 2 nitrogen and oxygen atoms in total. The van der Waals surface area contributed by atoms with Gasteiger partial charge in [-0.3, -0.25) is 0 Å². The monoisotopic (exact) mass is 144 g/mol. The van der Waals surface area contributed by atoms with Gasteiger partial charge in [0.25, 0.3) is 0 Å². The van der Waals surface area contributed by atoms with Gasteiger partial charge in [-0.1, -0.05) is 25.4 Å². The standard InChI is InChI=1S/C6H9ClN2/c1-4(2)6-8-3-5(7)9-6/h3-4H,1-2H3,(H,8,9). The highest BCUT2D eigenvalue weighted by Crippen LogP contribution is 2.11. The lowest BCUT2D eigenvalue weighted by Crippen LogP contribution is -1.88. The van der Waals surface area contributed by atoms with Crippen LogP contribution in [0.25, 0.3) is 0 Å². The van der Waals surface area contributed by atoms with Crippen molar-refractivity contribution in [1.82, 2.24) is 9.97 Å². The molecule has 0 atom stereocenters. The maximum atomic E-state index is 5.59. The first-order valence-electron chi connectivity index (χ1n) is 2.90. The Morgan fingerprint density at radius 3 is 2.56 bits per heavy atom. The van der Waals surface area contributed by atoms with Crippen molar-refractivity contribution in [3.05, 3.63) is 17.2 Å². The van der Waals surface area contributed by atoms with E-state index in [0.29, 0.717) is 11.1 Å². The zero-order valence-corrected chi connectivity index (χ0v) is 6.24. The minimum absolute atomic E-state index is 0.428. The first-order chi connectivity index (χ1) is 4.20. The van der Waals surface area contributed by atoms with Crippen LogP contribution in [0.15, 0.2) is 6.20 Å². The molecule has 1 N–H and O–H groups in total. The molecule has 1 rings (SSSR count). The Bertz CT molecular complexity index is 193. The first-order valence-corrected chi connectivity index (χ1v) is 3.28. The molecule has 0 fully saturated rings. The fourth-order valence-electron chi connectivity index (χ4n) is 0.607. The number of nitrogens with one attached hydrogen (secondary N) is 1. The molecule has 3 heteroatoms. The molecule has 50 valence electrons. The summed E-state index contributed by atoms with van der Waals surface area (Å²) in [7, 11) is 0. The van der Waals surface area contributed by atoms with Gasteiger partial charge in [0.05, 0.1) is 6.20 Å². The molecule has 0 aromatic carbocycles. The van der Waals surface area contributed by atoms with Crippen LogP contribution in [0.2, 0.25) is 5.15 Å². The molecule has 1 heterocycles. The van der Waals surface area contributed by atoms with E-state index in [-0.39, 0.29) is 0 Å². The maximum Gasteiger partial charge on any atom is 0.126 e. The van der Waals surface area contributed by atoms with Crippen molar-refractivity contribution in [2.45, 2.75) is 19.8 Å². The molecule has 0 aliphatic carbocycles. The van der Waals surface area contributed by atoms with Crippen molar-refractivity contribution in [1.29, 1.82) is 0 Å². The largest absolute Gasteiger partial charge is 0.333 e. The van der Waals surface area contributed by atoms with Gasteiger partial charge in [0.15, 0.2) is 0 Å². The lowest BCUT2D eigenvalue weighted by Gasteiger charge is -1.95. The molecule has 0 saturated heterocycles. The zero-order valence-electron chi connectivity index (χ0n) is 5.48. The summed E-state index contributed by atoms with van der Waals surface area (Å²) in [6.45, 7) is 4.13. The van der Waals surface area contributed by atoms with E-state index in [1.807, 2.05) is 0 Å². The van der Waals surface area contributed by atoms with E-state index in [0.717, 1.165) is 5.82 Å². The third-order valence-corrected chi connectivity index (χ3v) is 1.30. The molecule has 0 spiro atoms. The number of H-pyrrole nitrogens is 1. The Labute approximate surface area is 59.3 Å². The SMILES string of the molecule is CC(C)c1ncc(Cl)[nH]1.